The normalized spacial score (nSPS) is 12.1. The molecule has 1 atom stereocenters. The molecule has 0 saturated carbocycles. The monoisotopic (exact) mass is 306 g/mol. The number of benzene rings is 1. The third-order valence-electron chi connectivity index (χ3n) is 3.06. The smallest absolute Gasteiger partial charge is 0.247 e. The minimum absolute atomic E-state index is 0.169. The molecule has 1 aromatic carbocycles. The Morgan fingerprint density at radius 1 is 1.52 bits per heavy atom. The van der Waals surface area contributed by atoms with E-state index >= 15 is 0 Å². The SMILES string of the molecule is CSCC[C@@H](N)C(=O)Nc1ccc(-c2nnco2)cc1C. The molecule has 0 aliphatic rings. The van der Waals surface area contributed by atoms with Crippen molar-refractivity contribution in [2.75, 3.05) is 17.3 Å². The van der Waals surface area contributed by atoms with E-state index < -0.39 is 6.04 Å². The number of amides is 1. The number of carbonyl (C=O) groups excluding carboxylic acids is 1. The molecule has 0 radical (unpaired) electrons. The summed E-state index contributed by atoms with van der Waals surface area (Å²) in [6.07, 6.45) is 3.93. The molecule has 0 bridgehead atoms. The van der Waals surface area contributed by atoms with Crippen LogP contribution in [0, 0.1) is 6.92 Å². The molecule has 0 spiro atoms. The molecule has 2 aromatic rings. The second kappa shape index (κ2) is 7.24. The maximum absolute atomic E-state index is 12.0. The third-order valence-corrected chi connectivity index (χ3v) is 3.70. The van der Waals surface area contributed by atoms with Gasteiger partial charge in [0, 0.05) is 11.3 Å². The third kappa shape index (κ3) is 4.05. The standard InChI is InChI=1S/C14H18N4O2S/c1-9-7-10(14-18-16-8-20-14)3-4-12(9)17-13(19)11(15)5-6-21-2/h3-4,7-8,11H,5-6,15H2,1-2H3,(H,17,19)/t11-/m1/s1. The zero-order valence-electron chi connectivity index (χ0n) is 12.0. The van der Waals surface area contributed by atoms with E-state index in [9.17, 15) is 4.79 Å². The summed E-state index contributed by atoms with van der Waals surface area (Å²) < 4.78 is 5.15. The highest BCUT2D eigenvalue weighted by Crippen LogP contribution is 2.23. The molecule has 0 fully saturated rings. The van der Waals surface area contributed by atoms with E-state index in [1.807, 2.05) is 31.4 Å². The molecule has 0 aliphatic carbocycles. The van der Waals surface area contributed by atoms with Crippen LogP contribution in [-0.4, -0.2) is 34.2 Å². The van der Waals surface area contributed by atoms with Gasteiger partial charge in [-0.3, -0.25) is 4.79 Å². The van der Waals surface area contributed by atoms with E-state index in [0.717, 1.165) is 22.6 Å². The van der Waals surface area contributed by atoms with E-state index in [4.69, 9.17) is 10.2 Å². The highest BCUT2D eigenvalue weighted by Gasteiger charge is 2.14. The van der Waals surface area contributed by atoms with Crippen molar-refractivity contribution in [1.82, 2.24) is 10.2 Å². The number of hydrogen-bond acceptors (Lipinski definition) is 6. The average Bonchev–Trinajstić information content (AvgIpc) is 3.00. The van der Waals surface area contributed by atoms with Crippen molar-refractivity contribution in [3.63, 3.8) is 0 Å². The van der Waals surface area contributed by atoms with Gasteiger partial charge in [0.2, 0.25) is 18.2 Å². The van der Waals surface area contributed by atoms with Gasteiger partial charge in [0.25, 0.3) is 0 Å². The van der Waals surface area contributed by atoms with Gasteiger partial charge in [-0.2, -0.15) is 11.8 Å². The predicted molar refractivity (Wildman–Crippen MR) is 84.1 cm³/mol. The molecule has 0 saturated heterocycles. The first kappa shape index (κ1) is 15.5. The second-order valence-electron chi connectivity index (χ2n) is 4.65. The maximum Gasteiger partial charge on any atom is 0.247 e. The Hall–Kier alpha value is -1.86. The Morgan fingerprint density at radius 2 is 2.33 bits per heavy atom. The molecule has 2 rings (SSSR count). The summed E-state index contributed by atoms with van der Waals surface area (Å²) >= 11 is 1.67. The lowest BCUT2D eigenvalue weighted by Gasteiger charge is -2.13. The number of carbonyl (C=O) groups is 1. The molecule has 6 nitrogen and oxygen atoms in total. The van der Waals surface area contributed by atoms with Crippen LogP contribution in [0.15, 0.2) is 29.0 Å². The van der Waals surface area contributed by atoms with Gasteiger partial charge in [-0.1, -0.05) is 0 Å². The van der Waals surface area contributed by atoms with E-state index in [-0.39, 0.29) is 5.91 Å². The Labute approximate surface area is 127 Å². The maximum atomic E-state index is 12.0. The summed E-state index contributed by atoms with van der Waals surface area (Å²) in [6.45, 7) is 1.91. The van der Waals surface area contributed by atoms with Crippen molar-refractivity contribution >= 4 is 23.4 Å². The minimum atomic E-state index is -0.493. The van der Waals surface area contributed by atoms with Gasteiger partial charge in [0.05, 0.1) is 6.04 Å². The zero-order chi connectivity index (χ0) is 15.2. The number of rotatable bonds is 6. The minimum Gasteiger partial charge on any atom is -0.423 e. The highest BCUT2D eigenvalue weighted by atomic mass is 32.2. The van der Waals surface area contributed by atoms with Gasteiger partial charge in [-0.25, -0.2) is 0 Å². The molecule has 0 aliphatic heterocycles. The summed E-state index contributed by atoms with van der Waals surface area (Å²) in [5.74, 6) is 1.15. The molecule has 1 aromatic heterocycles. The first-order chi connectivity index (χ1) is 10.1. The van der Waals surface area contributed by atoms with Gasteiger partial charge < -0.3 is 15.5 Å². The number of hydrogen-bond donors (Lipinski definition) is 2. The van der Waals surface area contributed by atoms with Crippen LogP contribution in [0.4, 0.5) is 5.69 Å². The van der Waals surface area contributed by atoms with Crippen molar-refractivity contribution in [1.29, 1.82) is 0 Å². The lowest BCUT2D eigenvalue weighted by Crippen LogP contribution is -2.36. The summed E-state index contributed by atoms with van der Waals surface area (Å²) in [5, 5.41) is 10.4. The van der Waals surface area contributed by atoms with Crippen molar-refractivity contribution in [2.24, 2.45) is 5.73 Å². The number of aromatic nitrogens is 2. The van der Waals surface area contributed by atoms with Gasteiger partial charge in [0.1, 0.15) is 0 Å². The number of aryl methyl sites for hydroxylation is 1. The summed E-state index contributed by atoms with van der Waals surface area (Å²) in [5.41, 5.74) is 8.32. The van der Waals surface area contributed by atoms with Gasteiger partial charge in [-0.15, -0.1) is 10.2 Å². The van der Waals surface area contributed by atoms with Crippen LogP contribution < -0.4 is 11.1 Å². The topological polar surface area (TPSA) is 94.0 Å². The van der Waals surface area contributed by atoms with Crippen LogP contribution in [-0.2, 0) is 4.79 Å². The van der Waals surface area contributed by atoms with E-state index in [2.05, 4.69) is 15.5 Å². The second-order valence-corrected chi connectivity index (χ2v) is 5.64. The van der Waals surface area contributed by atoms with Gasteiger partial charge in [-0.05, 0) is 49.1 Å². The van der Waals surface area contributed by atoms with E-state index in [0.29, 0.717) is 12.3 Å². The van der Waals surface area contributed by atoms with Crippen LogP contribution in [0.5, 0.6) is 0 Å². The predicted octanol–water partition coefficient (Wildman–Crippen LogP) is 2.06. The Balaban J connectivity index is 2.06. The van der Waals surface area contributed by atoms with Crippen LogP contribution in [0.1, 0.15) is 12.0 Å². The summed E-state index contributed by atoms with van der Waals surface area (Å²) in [6, 6.07) is 5.03. The van der Waals surface area contributed by atoms with Crippen LogP contribution in [0.25, 0.3) is 11.5 Å². The molecule has 21 heavy (non-hydrogen) atoms. The number of anilines is 1. The van der Waals surface area contributed by atoms with Crippen LogP contribution in [0.2, 0.25) is 0 Å². The number of nitrogens with zero attached hydrogens (tertiary/aromatic N) is 2. The van der Waals surface area contributed by atoms with E-state index in [1.165, 1.54) is 6.39 Å². The van der Waals surface area contributed by atoms with Gasteiger partial charge >= 0.3 is 0 Å². The van der Waals surface area contributed by atoms with Crippen LogP contribution >= 0.6 is 11.8 Å². The number of nitrogens with one attached hydrogen (secondary N) is 1. The fourth-order valence-electron chi connectivity index (χ4n) is 1.84. The first-order valence-corrected chi connectivity index (χ1v) is 7.93. The number of nitrogens with two attached hydrogens (primary N) is 1. The highest BCUT2D eigenvalue weighted by molar-refractivity contribution is 7.98. The molecular formula is C14H18N4O2S. The van der Waals surface area contributed by atoms with Crippen molar-refractivity contribution in [3.8, 4) is 11.5 Å². The summed E-state index contributed by atoms with van der Waals surface area (Å²) in [4.78, 5) is 12.0. The molecular weight excluding hydrogens is 288 g/mol. The Bertz CT molecular complexity index is 601. The molecule has 1 heterocycles. The zero-order valence-corrected chi connectivity index (χ0v) is 12.8. The molecule has 0 unspecified atom stereocenters. The molecule has 112 valence electrons. The Kier molecular flexibility index (Phi) is 5.35. The van der Waals surface area contributed by atoms with Crippen molar-refractivity contribution in [3.05, 3.63) is 30.2 Å². The fraction of sp³-hybridized carbons (Fsp3) is 0.357. The van der Waals surface area contributed by atoms with E-state index in [1.54, 1.807) is 11.8 Å². The Morgan fingerprint density at radius 3 is 2.95 bits per heavy atom. The molecule has 1 amide bonds. The number of thioether (sulfide) groups is 1. The average molecular weight is 306 g/mol. The lowest BCUT2D eigenvalue weighted by molar-refractivity contribution is -0.117. The fourth-order valence-corrected chi connectivity index (χ4v) is 2.33. The van der Waals surface area contributed by atoms with Gasteiger partial charge in [0.15, 0.2) is 0 Å². The first-order valence-electron chi connectivity index (χ1n) is 6.54. The molecule has 3 N–H and O–H groups in total. The largest absolute Gasteiger partial charge is 0.423 e. The van der Waals surface area contributed by atoms with Crippen molar-refractivity contribution < 1.29 is 9.21 Å². The quantitative estimate of drug-likeness (QED) is 0.848. The van der Waals surface area contributed by atoms with Crippen LogP contribution in [0.3, 0.4) is 0 Å². The van der Waals surface area contributed by atoms with Crippen molar-refractivity contribution in [2.45, 2.75) is 19.4 Å². The molecule has 7 heteroatoms. The lowest BCUT2D eigenvalue weighted by atomic mass is 10.1. The summed E-state index contributed by atoms with van der Waals surface area (Å²) in [7, 11) is 0.